The molecule has 202 valence electrons. The SMILES string of the molecule is COc1ccc(NC(=O)[C@@H](c2cccs2)N(Cc2ccccc2C)C(=O)CN2C(=O)C(=O)c3ccccc32)cc1. The number of nitrogens with zero attached hydrogens (tertiary/aromatic N) is 2. The van der Waals surface area contributed by atoms with Gasteiger partial charge in [-0.1, -0.05) is 42.5 Å². The number of hydrogen-bond donors (Lipinski definition) is 1. The van der Waals surface area contributed by atoms with E-state index in [9.17, 15) is 19.2 Å². The summed E-state index contributed by atoms with van der Waals surface area (Å²) in [6.45, 7) is 1.68. The van der Waals surface area contributed by atoms with Gasteiger partial charge in [-0.2, -0.15) is 0 Å². The van der Waals surface area contributed by atoms with Crippen molar-refractivity contribution in [3.63, 3.8) is 0 Å². The molecule has 40 heavy (non-hydrogen) atoms. The average Bonchev–Trinajstić information content (AvgIpc) is 3.58. The number of fused-ring (bicyclic) bond motifs is 1. The highest BCUT2D eigenvalue weighted by Gasteiger charge is 2.39. The number of benzene rings is 3. The lowest BCUT2D eigenvalue weighted by atomic mass is 10.1. The van der Waals surface area contributed by atoms with Gasteiger partial charge in [0.15, 0.2) is 0 Å². The molecule has 0 saturated carbocycles. The zero-order chi connectivity index (χ0) is 28.2. The van der Waals surface area contributed by atoms with Gasteiger partial charge < -0.3 is 15.0 Å². The minimum atomic E-state index is -0.988. The van der Waals surface area contributed by atoms with Crippen LogP contribution in [0.3, 0.4) is 0 Å². The molecule has 1 aliphatic heterocycles. The maximum Gasteiger partial charge on any atom is 0.299 e. The Morgan fingerprint density at radius 2 is 1.68 bits per heavy atom. The number of amides is 3. The molecule has 0 unspecified atom stereocenters. The molecule has 3 aromatic carbocycles. The summed E-state index contributed by atoms with van der Waals surface area (Å²) in [6.07, 6.45) is 0. The van der Waals surface area contributed by atoms with Crippen LogP contribution in [0.2, 0.25) is 0 Å². The second-order valence-electron chi connectivity index (χ2n) is 9.32. The summed E-state index contributed by atoms with van der Waals surface area (Å²) in [6, 6.07) is 23.8. The van der Waals surface area contributed by atoms with Crippen LogP contribution in [0.1, 0.15) is 32.4 Å². The van der Waals surface area contributed by atoms with Crippen molar-refractivity contribution in [3.05, 3.63) is 112 Å². The quantitative estimate of drug-likeness (QED) is 0.294. The van der Waals surface area contributed by atoms with Gasteiger partial charge in [0.05, 0.1) is 18.4 Å². The van der Waals surface area contributed by atoms with Crippen LogP contribution in [0, 0.1) is 6.92 Å². The number of para-hydroxylation sites is 1. The van der Waals surface area contributed by atoms with Crippen molar-refractivity contribution in [1.29, 1.82) is 0 Å². The van der Waals surface area contributed by atoms with Gasteiger partial charge in [0.1, 0.15) is 18.3 Å². The fourth-order valence-corrected chi connectivity index (χ4v) is 5.52. The van der Waals surface area contributed by atoms with Crippen molar-refractivity contribution < 1.29 is 23.9 Å². The zero-order valence-corrected chi connectivity index (χ0v) is 22.8. The predicted molar refractivity (Wildman–Crippen MR) is 154 cm³/mol. The van der Waals surface area contributed by atoms with Crippen LogP contribution >= 0.6 is 11.3 Å². The number of nitrogens with one attached hydrogen (secondary N) is 1. The van der Waals surface area contributed by atoms with Gasteiger partial charge in [-0.05, 0) is 65.9 Å². The lowest BCUT2D eigenvalue weighted by molar-refractivity contribution is -0.138. The number of hydrogen-bond acceptors (Lipinski definition) is 6. The molecule has 1 aromatic heterocycles. The number of aryl methyl sites for hydroxylation is 1. The van der Waals surface area contributed by atoms with E-state index in [4.69, 9.17) is 4.74 Å². The number of Topliss-reactive ketones (excluding diaryl/α,β-unsaturated/α-hetero) is 1. The second-order valence-corrected chi connectivity index (χ2v) is 10.3. The third-order valence-electron chi connectivity index (χ3n) is 6.82. The minimum absolute atomic E-state index is 0.127. The summed E-state index contributed by atoms with van der Waals surface area (Å²) in [4.78, 5) is 56.8. The van der Waals surface area contributed by atoms with Gasteiger partial charge in [0.25, 0.3) is 17.6 Å². The molecule has 3 amide bonds. The fraction of sp³-hybridized carbons (Fsp3) is 0.161. The van der Waals surface area contributed by atoms with Gasteiger partial charge in [-0.25, -0.2) is 0 Å². The number of ether oxygens (including phenoxy) is 1. The number of thiophene rings is 1. The van der Waals surface area contributed by atoms with E-state index in [1.807, 2.05) is 42.6 Å². The monoisotopic (exact) mass is 553 g/mol. The van der Waals surface area contributed by atoms with Gasteiger partial charge in [-0.3, -0.25) is 24.1 Å². The Bertz CT molecular complexity index is 1570. The molecule has 2 heterocycles. The third kappa shape index (κ3) is 5.37. The van der Waals surface area contributed by atoms with Gasteiger partial charge in [-0.15, -0.1) is 11.3 Å². The topological polar surface area (TPSA) is 96.0 Å². The largest absolute Gasteiger partial charge is 0.497 e. The molecule has 0 bridgehead atoms. The van der Waals surface area contributed by atoms with E-state index in [-0.39, 0.29) is 18.7 Å². The summed E-state index contributed by atoms with van der Waals surface area (Å²) in [7, 11) is 1.56. The van der Waals surface area contributed by atoms with Crippen LogP contribution in [0.4, 0.5) is 11.4 Å². The molecule has 1 aliphatic rings. The van der Waals surface area contributed by atoms with E-state index in [0.29, 0.717) is 22.0 Å². The van der Waals surface area contributed by atoms with Crippen molar-refractivity contribution in [2.75, 3.05) is 23.9 Å². The number of methoxy groups -OCH3 is 1. The number of carbonyl (C=O) groups excluding carboxylic acids is 4. The van der Waals surface area contributed by atoms with E-state index in [1.54, 1.807) is 61.7 Å². The molecule has 0 fully saturated rings. The van der Waals surface area contributed by atoms with E-state index >= 15 is 0 Å². The van der Waals surface area contributed by atoms with Crippen molar-refractivity contribution in [2.45, 2.75) is 19.5 Å². The van der Waals surface area contributed by atoms with Crippen LogP contribution in [-0.4, -0.2) is 42.1 Å². The molecule has 0 aliphatic carbocycles. The van der Waals surface area contributed by atoms with Crippen LogP contribution in [0.25, 0.3) is 0 Å². The standard InChI is InChI=1S/C31H27N3O5S/c1-20-8-3-4-9-21(20)18-34(27(35)19-33-25-11-6-5-10-24(25)29(36)31(33)38)28(26-12-7-17-40-26)30(37)32-22-13-15-23(39-2)16-14-22/h3-17,28H,18-19H2,1-2H3,(H,32,37)/t28-/m1/s1. The Morgan fingerprint density at radius 3 is 2.38 bits per heavy atom. The minimum Gasteiger partial charge on any atom is -0.497 e. The van der Waals surface area contributed by atoms with Crippen LogP contribution in [0.15, 0.2) is 90.3 Å². The van der Waals surface area contributed by atoms with Gasteiger partial charge in [0.2, 0.25) is 5.91 Å². The summed E-state index contributed by atoms with van der Waals surface area (Å²) in [5, 5.41) is 4.77. The zero-order valence-electron chi connectivity index (χ0n) is 22.0. The van der Waals surface area contributed by atoms with Crippen LogP contribution in [-0.2, 0) is 20.9 Å². The van der Waals surface area contributed by atoms with E-state index < -0.39 is 29.5 Å². The highest BCUT2D eigenvalue weighted by atomic mass is 32.1. The fourth-order valence-electron chi connectivity index (χ4n) is 4.68. The summed E-state index contributed by atoms with van der Waals surface area (Å²) in [5.41, 5.74) is 3.01. The molecule has 8 nitrogen and oxygen atoms in total. The molecule has 0 radical (unpaired) electrons. The first-order valence-electron chi connectivity index (χ1n) is 12.6. The lowest BCUT2D eigenvalue weighted by Crippen LogP contribution is -2.46. The number of rotatable bonds is 9. The van der Waals surface area contributed by atoms with Crippen molar-refractivity contribution in [1.82, 2.24) is 4.90 Å². The number of carbonyl (C=O) groups is 4. The Kier molecular flexibility index (Phi) is 7.75. The highest BCUT2D eigenvalue weighted by Crippen LogP contribution is 2.32. The molecular weight excluding hydrogens is 526 g/mol. The van der Waals surface area contributed by atoms with Crippen LogP contribution in [0.5, 0.6) is 5.75 Å². The molecular formula is C31H27N3O5S. The molecule has 1 N–H and O–H groups in total. The first-order chi connectivity index (χ1) is 19.4. The lowest BCUT2D eigenvalue weighted by Gasteiger charge is -2.32. The van der Waals surface area contributed by atoms with Crippen molar-refractivity contribution in [3.8, 4) is 5.75 Å². The summed E-state index contributed by atoms with van der Waals surface area (Å²) < 4.78 is 5.21. The van der Waals surface area contributed by atoms with Crippen molar-refractivity contribution >= 4 is 46.2 Å². The molecule has 1 atom stereocenters. The molecule has 0 saturated heterocycles. The normalized spacial score (nSPS) is 13.1. The number of anilines is 2. The average molecular weight is 554 g/mol. The van der Waals surface area contributed by atoms with Gasteiger partial charge >= 0.3 is 0 Å². The first kappa shape index (κ1) is 26.8. The number of ketones is 1. The Balaban J connectivity index is 1.51. The molecule has 0 spiro atoms. The maximum atomic E-state index is 14.1. The predicted octanol–water partition coefficient (Wildman–Crippen LogP) is 5.00. The molecule has 5 rings (SSSR count). The van der Waals surface area contributed by atoms with Crippen molar-refractivity contribution in [2.24, 2.45) is 0 Å². The first-order valence-corrected chi connectivity index (χ1v) is 13.5. The smallest absolute Gasteiger partial charge is 0.299 e. The summed E-state index contributed by atoms with van der Waals surface area (Å²) >= 11 is 1.36. The third-order valence-corrected chi connectivity index (χ3v) is 7.75. The molecule has 4 aromatic rings. The Hall–Kier alpha value is -4.76. The van der Waals surface area contributed by atoms with Crippen LogP contribution < -0.4 is 15.0 Å². The van der Waals surface area contributed by atoms with E-state index in [1.165, 1.54) is 21.1 Å². The Labute approximate surface area is 235 Å². The Morgan fingerprint density at radius 1 is 0.950 bits per heavy atom. The van der Waals surface area contributed by atoms with E-state index in [2.05, 4.69) is 5.32 Å². The maximum absolute atomic E-state index is 14.1. The summed E-state index contributed by atoms with van der Waals surface area (Å²) in [5.74, 6) is -1.64. The highest BCUT2D eigenvalue weighted by molar-refractivity contribution is 7.10. The molecule has 9 heteroatoms. The second kappa shape index (κ2) is 11.5. The van der Waals surface area contributed by atoms with Gasteiger partial charge in [0, 0.05) is 17.1 Å². The van der Waals surface area contributed by atoms with E-state index in [0.717, 1.165) is 11.1 Å².